The van der Waals surface area contributed by atoms with Crippen molar-refractivity contribution in [1.82, 2.24) is 0 Å². The van der Waals surface area contributed by atoms with E-state index in [1.165, 1.54) is 180 Å². The predicted octanol–water partition coefficient (Wildman–Crippen LogP) is 16.0. The summed E-state index contributed by atoms with van der Waals surface area (Å²) >= 11 is 0. The van der Waals surface area contributed by atoms with Crippen molar-refractivity contribution in [1.29, 1.82) is 0 Å². The molecule has 0 aliphatic rings. The van der Waals surface area contributed by atoms with E-state index in [2.05, 4.69) is 20.8 Å². The van der Waals surface area contributed by atoms with Gasteiger partial charge in [0.05, 0.1) is 0 Å². The van der Waals surface area contributed by atoms with Crippen molar-refractivity contribution in [3.8, 4) is 0 Å². The lowest BCUT2D eigenvalue weighted by atomic mass is 10.0. The van der Waals surface area contributed by atoms with Gasteiger partial charge in [-0.15, -0.1) is 0 Å². The van der Waals surface area contributed by atoms with Crippen LogP contribution in [0.15, 0.2) is 0 Å². The van der Waals surface area contributed by atoms with Gasteiger partial charge in [0, 0.05) is 19.3 Å². The first-order chi connectivity index (χ1) is 27.5. The van der Waals surface area contributed by atoms with Crippen molar-refractivity contribution in [3.05, 3.63) is 0 Å². The molecule has 0 heterocycles. The zero-order valence-corrected chi connectivity index (χ0v) is 37.9. The second-order valence-corrected chi connectivity index (χ2v) is 17.1. The molecule has 0 aromatic rings. The summed E-state index contributed by atoms with van der Waals surface area (Å²) in [4.78, 5) is 37.6. The van der Waals surface area contributed by atoms with Crippen molar-refractivity contribution in [2.45, 2.75) is 290 Å². The van der Waals surface area contributed by atoms with Gasteiger partial charge in [0.2, 0.25) is 0 Å². The normalized spacial score (nSPS) is 11.8. The molecule has 1 atom stereocenters. The molecule has 332 valence electrons. The van der Waals surface area contributed by atoms with Gasteiger partial charge in [0.1, 0.15) is 13.2 Å². The van der Waals surface area contributed by atoms with Crippen LogP contribution in [0.3, 0.4) is 0 Å². The molecule has 0 saturated heterocycles. The van der Waals surface area contributed by atoms with Gasteiger partial charge < -0.3 is 14.2 Å². The fraction of sp³-hybridized carbons (Fsp3) is 0.940. The average Bonchev–Trinajstić information content (AvgIpc) is 3.19. The topological polar surface area (TPSA) is 78.9 Å². The molecule has 56 heavy (non-hydrogen) atoms. The maximum atomic E-state index is 12.7. The van der Waals surface area contributed by atoms with Crippen LogP contribution in [0.4, 0.5) is 0 Å². The van der Waals surface area contributed by atoms with Crippen LogP contribution in [0.1, 0.15) is 284 Å². The van der Waals surface area contributed by atoms with Gasteiger partial charge in [-0.1, -0.05) is 245 Å². The zero-order valence-electron chi connectivity index (χ0n) is 37.9. The smallest absolute Gasteiger partial charge is 0.306 e. The molecule has 0 N–H and O–H groups in total. The van der Waals surface area contributed by atoms with Gasteiger partial charge in [0.25, 0.3) is 0 Å². The maximum Gasteiger partial charge on any atom is 0.306 e. The van der Waals surface area contributed by atoms with Crippen molar-refractivity contribution < 1.29 is 28.6 Å². The van der Waals surface area contributed by atoms with Crippen molar-refractivity contribution >= 4 is 17.9 Å². The third-order valence-corrected chi connectivity index (χ3v) is 11.4. The Morgan fingerprint density at radius 2 is 0.482 bits per heavy atom. The van der Waals surface area contributed by atoms with E-state index >= 15 is 0 Å². The third kappa shape index (κ3) is 43.5. The van der Waals surface area contributed by atoms with Crippen LogP contribution in [-0.2, 0) is 28.6 Å². The third-order valence-electron chi connectivity index (χ3n) is 11.4. The Kier molecular flexibility index (Phi) is 44.8. The highest BCUT2D eigenvalue weighted by Gasteiger charge is 2.19. The van der Waals surface area contributed by atoms with Crippen LogP contribution in [0.2, 0.25) is 0 Å². The Labute approximate surface area is 348 Å². The number of ether oxygens (including phenoxy) is 3. The van der Waals surface area contributed by atoms with E-state index in [1.807, 2.05) is 0 Å². The Bertz CT molecular complexity index is 828. The summed E-state index contributed by atoms with van der Waals surface area (Å²) in [5.74, 6) is -0.859. The SMILES string of the molecule is CCCCCCCCCCCCCCCCCCCC(=O)OCC(COC(=O)CCCCCCC)OC(=O)CCCCCCCCCCCCCCCCCC. The second-order valence-electron chi connectivity index (χ2n) is 17.1. The number of esters is 3. The lowest BCUT2D eigenvalue weighted by Gasteiger charge is -2.18. The highest BCUT2D eigenvalue weighted by Crippen LogP contribution is 2.17. The quantitative estimate of drug-likeness (QED) is 0.0347. The Morgan fingerprint density at radius 3 is 0.714 bits per heavy atom. The zero-order chi connectivity index (χ0) is 40.8. The van der Waals surface area contributed by atoms with Gasteiger partial charge in [-0.2, -0.15) is 0 Å². The first-order valence-electron chi connectivity index (χ1n) is 25.0. The molecule has 0 aromatic heterocycles. The fourth-order valence-electron chi connectivity index (χ4n) is 7.56. The molecule has 0 aliphatic heterocycles. The summed E-state index contributed by atoms with van der Waals surface area (Å²) < 4.78 is 16.7. The number of hydrogen-bond acceptors (Lipinski definition) is 6. The summed E-state index contributed by atoms with van der Waals surface area (Å²) in [6, 6.07) is 0. The molecule has 1 unspecified atom stereocenters. The number of carbonyl (C=O) groups is 3. The number of carbonyl (C=O) groups excluding carboxylic acids is 3. The first-order valence-corrected chi connectivity index (χ1v) is 25.0. The highest BCUT2D eigenvalue weighted by molar-refractivity contribution is 5.71. The molecule has 0 amide bonds. The number of hydrogen-bond donors (Lipinski definition) is 0. The van der Waals surface area contributed by atoms with Crippen LogP contribution in [0.25, 0.3) is 0 Å². The van der Waals surface area contributed by atoms with Crippen molar-refractivity contribution in [3.63, 3.8) is 0 Å². The summed E-state index contributed by atoms with van der Waals surface area (Å²) in [7, 11) is 0. The van der Waals surface area contributed by atoms with Crippen LogP contribution in [0, 0.1) is 0 Å². The van der Waals surface area contributed by atoms with Crippen LogP contribution < -0.4 is 0 Å². The van der Waals surface area contributed by atoms with Gasteiger partial charge in [-0.3, -0.25) is 14.4 Å². The van der Waals surface area contributed by atoms with E-state index in [0.717, 1.165) is 64.2 Å². The van der Waals surface area contributed by atoms with Crippen LogP contribution >= 0.6 is 0 Å². The van der Waals surface area contributed by atoms with Crippen molar-refractivity contribution in [2.75, 3.05) is 13.2 Å². The summed E-state index contributed by atoms with van der Waals surface area (Å²) in [6.07, 6.45) is 48.3. The molecular formula is C50H96O6. The lowest BCUT2D eigenvalue weighted by molar-refractivity contribution is -0.167. The molecule has 6 heteroatoms. The molecule has 0 radical (unpaired) electrons. The summed E-state index contributed by atoms with van der Waals surface area (Å²) in [5, 5.41) is 0. The van der Waals surface area contributed by atoms with Gasteiger partial charge in [-0.05, 0) is 19.3 Å². The molecule has 0 saturated carbocycles. The molecule has 0 aliphatic carbocycles. The fourth-order valence-corrected chi connectivity index (χ4v) is 7.56. The van der Waals surface area contributed by atoms with Gasteiger partial charge in [0.15, 0.2) is 6.10 Å². The largest absolute Gasteiger partial charge is 0.462 e. The summed E-state index contributed by atoms with van der Waals surface area (Å²) in [5.41, 5.74) is 0. The van der Waals surface area contributed by atoms with Gasteiger partial charge in [-0.25, -0.2) is 0 Å². The molecular weight excluding hydrogens is 697 g/mol. The minimum absolute atomic E-state index is 0.0632. The molecule has 0 rings (SSSR count). The van der Waals surface area contributed by atoms with Gasteiger partial charge >= 0.3 is 17.9 Å². The number of unbranched alkanes of at least 4 members (excludes halogenated alkanes) is 35. The van der Waals surface area contributed by atoms with E-state index in [0.29, 0.717) is 19.3 Å². The van der Waals surface area contributed by atoms with Crippen molar-refractivity contribution in [2.24, 2.45) is 0 Å². The van der Waals surface area contributed by atoms with Crippen LogP contribution in [-0.4, -0.2) is 37.2 Å². The Balaban J connectivity index is 4.11. The van der Waals surface area contributed by atoms with E-state index in [4.69, 9.17) is 14.2 Å². The average molecular weight is 793 g/mol. The van der Waals surface area contributed by atoms with E-state index in [1.54, 1.807) is 0 Å². The molecule has 0 aromatic carbocycles. The lowest BCUT2D eigenvalue weighted by Crippen LogP contribution is -2.30. The second kappa shape index (κ2) is 46.1. The van der Waals surface area contributed by atoms with E-state index in [-0.39, 0.29) is 31.1 Å². The molecule has 0 fully saturated rings. The monoisotopic (exact) mass is 793 g/mol. The summed E-state index contributed by atoms with van der Waals surface area (Å²) in [6.45, 7) is 6.60. The van der Waals surface area contributed by atoms with Crippen LogP contribution in [0.5, 0.6) is 0 Å². The molecule has 0 bridgehead atoms. The van der Waals surface area contributed by atoms with E-state index < -0.39 is 6.10 Å². The molecule has 0 spiro atoms. The minimum atomic E-state index is -0.757. The highest BCUT2D eigenvalue weighted by atomic mass is 16.6. The number of rotatable bonds is 46. The van der Waals surface area contributed by atoms with E-state index in [9.17, 15) is 14.4 Å². The minimum Gasteiger partial charge on any atom is -0.462 e. The Hall–Kier alpha value is -1.59. The molecule has 6 nitrogen and oxygen atoms in total. The first kappa shape index (κ1) is 54.4. The standard InChI is InChI=1S/C50H96O6/c1-4-7-10-13-15-17-19-21-23-25-27-28-30-32-34-37-40-43-49(52)55-46-47(45-54-48(51)42-39-36-12-9-6-3)56-50(53)44-41-38-35-33-31-29-26-24-22-20-18-16-14-11-8-5-2/h47H,4-46H2,1-3H3. The Morgan fingerprint density at radius 1 is 0.286 bits per heavy atom. The predicted molar refractivity (Wildman–Crippen MR) is 238 cm³/mol. The maximum absolute atomic E-state index is 12.7.